The van der Waals surface area contributed by atoms with Gasteiger partial charge in [-0.3, -0.25) is 4.79 Å². The summed E-state index contributed by atoms with van der Waals surface area (Å²) in [5, 5.41) is 0. The number of amides is 1. The number of rotatable bonds is 2. The van der Waals surface area contributed by atoms with Crippen molar-refractivity contribution >= 4 is 31.6 Å². The van der Waals surface area contributed by atoms with Gasteiger partial charge >= 0.3 is 0 Å². The molecule has 0 aliphatic heterocycles. The summed E-state index contributed by atoms with van der Waals surface area (Å²) in [5.74, 6) is -0.159. The summed E-state index contributed by atoms with van der Waals surface area (Å²) in [5.41, 5.74) is 0.299. The zero-order valence-corrected chi connectivity index (χ0v) is 10.2. The Labute approximate surface area is 91.0 Å². The second-order valence-electron chi connectivity index (χ2n) is 2.75. The van der Waals surface area contributed by atoms with E-state index in [1.165, 1.54) is 18.6 Å². The summed E-state index contributed by atoms with van der Waals surface area (Å²) in [6.45, 7) is 1.73. The maximum atomic E-state index is 11.5. The van der Waals surface area contributed by atoms with E-state index in [2.05, 4.69) is 20.3 Å². The number of carbonyl (C=O) groups is 1. The van der Waals surface area contributed by atoms with E-state index in [0.29, 0.717) is 16.0 Å². The van der Waals surface area contributed by atoms with E-state index in [9.17, 15) is 9.00 Å². The Morgan fingerprint density at radius 3 is 2.79 bits per heavy atom. The molecule has 1 rings (SSSR count). The molecular weight excluding hydrogens is 270 g/mol. The van der Waals surface area contributed by atoms with Crippen molar-refractivity contribution in [3.8, 4) is 0 Å². The van der Waals surface area contributed by atoms with Gasteiger partial charge in [0, 0.05) is 12.0 Å². The van der Waals surface area contributed by atoms with Crippen LogP contribution in [0.4, 0.5) is 0 Å². The van der Waals surface area contributed by atoms with Crippen molar-refractivity contribution in [2.75, 3.05) is 12.0 Å². The van der Waals surface area contributed by atoms with E-state index in [4.69, 9.17) is 4.42 Å². The number of hydrogen-bond donors (Lipinski definition) is 0. The maximum absolute atomic E-state index is 11.5. The fraction of sp³-hybridized carbons (Fsp3) is 0.375. The van der Waals surface area contributed by atoms with Crippen molar-refractivity contribution in [2.45, 2.75) is 6.92 Å². The van der Waals surface area contributed by atoms with Crippen LogP contribution in [0.15, 0.2) is 25.8 Å². The van der Waals surface area contributed by atoms with Crippen LogP contribution in [0.1, 0.15) is 17.3 Å². The fourth-order valence-electron chi connectivity index (χ4n) is 0.735. The van der Waals surface area contributed by atoms with Gasteiger partial charge in [0.1, 0.15) is 0 Å². The molecule has 1 aromatic heterocycles. The van der Waals surface area contributed by atoms with Crippen molar-refractivity contribution in [1.82, 2.24) is 0 Å². The number of furan rings is 1. The number of halogens is 1. The lowest BCUT2D eigenvalue weighted by molar-refractivity contribution is 0.100. The van der Waals surface area contributed by atoms with Crippen LogP contribution in [0.2, 0.25) is 0 Å². The molecule has 1 unspecified atom stereocenters. The average Bonchev–Trinajstić information content (AvgIpc) is 2.51. The zero-order valence-electron chi connectivity index (χ0n) is 7.82. The summed E-state index contributed by atoms with van der Waals surface area (Å²) < 4.78 is 20.4. The molecule has 0 radical (unpaired) electrons. The summed E-state index contributed by atoms with van der Waals surface area (Å²) in [7, 11) is -2.40. The molecule has 0 saturated heterocycles. The third-order valence-electron chi connectivity index (χ3n) is 1.66. The molecule has 0 fully saturated rings. The smallest absolute Gasteiger partial charge is 0.289 e. The molecule has 14 heavy (non-hydrogen) atoms. The number of nitrogens with zero attached hydrogens (tertiary/aromatic N) is 1. The van der Waals surface area contributed by atoms with Crippen molar-refractivity contribution in [1.29, 1.82) is 0 Å². The first-order valence-electron chi connectivity index (χ1n) is 3.93. The van der Waals surface area contributed by atoms with Gasteiger partial charge in [0.2, 0.25) is 0 Å². The molecule has 6 heteroatoms. The van der Waals surface area contributed by atoms with Crippen molar-refractivity contribution in [3.63, 3.8) is 0 Å². The predicted molar refractivity (Wildman–Crippen MR) is 57.8 cm³/mol. The quantitative estimate of drug-likeness (QED) is 0.835. The van der Waals surface area contributed by atoms with Crippen LogP contribution in [0.5, 0.6) is 0 Å². The molecule has 0 N–H and O–H groups in total. The zero-order chi connectivity index (χ0) is 10.8. The second-order valence-corrected chi connectivity index (χ2v) is 6.15. The van der Waals surface area contributed by atoms with Crippen LogP contribution in [0.25, 0.3) is 0 Å². The predicted octanol–water partition coefficient (Wildman–Crippen LogP) is 2.30. The van der Waals surface area contributed by atoms with E-state index < -0.39 is 15.6 Å². The summed E-state index contributed by atoms with van der Waals surface area (Å²) in [6.07, 6.45) is 2.83. The average molecular weight is 280 g/mol. The Morgan fingerprint density at radius 1 is 1.71 bits per heavy atom. The van der Waals surface area contributed by atoms with E-state index in [0.717, 1.165) is 0 Å². The van der Waals surface area contributed by atoms with Gasteiger partial charge in [0.05, 0.1) is 21.6 Å². The summed E-state index contributed by atoms with van der Waals surface area (Å²) in [4.78, 5) is 11.5. The Bertz CT molecular complexity index is 457. The fourth-order valence-corrected chi connectivity index (χ4v) is 1.72. The van der Waals surface area contributed by atoms with E-state index in [1.54, 1.807) is 6.92 Å². The van der Waals surface area contributed by atoms with Crippen molar-refractivity contribution < 1.29 is 13.4 Å². The lowest BCUT2D eigenvalue weighted by Gasteiger charge is -1.97. The van der Waals surface area contributed by atoms with E-state index >= 15 is 0 Å². The third kappa shape index (κ3) is 2.68. The van der Waals surface area contributed by atoms with Gasteiger partial charge in [-0.1, -0.05) is 6.92 Å². The third-order valence-corrected chi connectivity index (χ3v) is 3.90. The molecule has 0 saturated carbocycles. The molecule has 0 aromatic carbocycles. The van der Waals surface area contributed by atoms with Gasteiger partial charge in [-0.25, -0.2) is 4.21 Å². The Morgan fingerprint density at radius 2 is 2.36 bits per heavy atom. The van der Waals surface area contributed by atoms with Gasteiger partial charge in [0.15, 0.2) is 4.67 Å². The first-order valence-corrected chi connectivity index (χ1v) is 6.82. The molecule has 1 atom stereocenters. The van der Waals surface area contributed by atoms with Gasteiger partial charge < -0.3 is 4.42 Å². The monoisotopic (exact) mass is 279 g/mol. The van der Waals surface area contributed by atoms with E-state index in [1.807, 2.05) is 0 Å². The first kappa shape index (κ1) is 11.5. The lowest BCUT2D eigenvalue weighted by Crippen LogP contribution is -2.04. The maximum Gasteiger partial charge on any atom is 0.289 e. The van der Waals surface area contributed by atoms with Gasteiger partial charge in [-0.05, 0) is 22.0 Å². The topological polar surface area (TPSA) is 59.6 Å². The highest BCUT2D eigenvalue weighted by atomic mass is 79.9. The molecule has 0 spiro atoms. The number of hydrogen-bond acceptors (Lipinski definition) is 3. The highest BCUT2D eigenvalue weighted by molar-refractivity contribution is 9.10. The minimum atomic E-state index is -2.40. The Hall–Kier alpha value is -0.620. The highest BCUT2D eigenvalue weighted by Crippen LogP contribution is 2.18. The summed E-state index contributed by atoms with van der Waals surface area (Å²) >= 11 is 3.06. The molecule has 4 nitrogen and oxygen atoms in total. The Kier molecular flexibility index (Phi) is 3.49. The van der Waals surface area contributed by atoms with Gasteiger partial charge in [-0.15, -0.1) is 0 Å². The molecule has 1 aromatic rings. The molecule has 0 aliphatic carbocycles. The normalized spacial score (nSPS) is 14.8. The largest absolute Gasteiger partial charge is 0.457 e. The van der Waals surface area contributed by atoms with Crippen molar-refractivity contribution in [2.24, 2.45) is 4.36 Å². The standard InChI is InChI=1S/C8H10BrNO3S/c1-3-14(2,12)10-8(11)6-4-5-13-7(6)9/h4-5H,3H2,1-2H3. The van der Waals surface area contributed by atoms with Gasteiger partial charge in [0.25, 0.3) is 5.91 Å². The minimum absolute atomic E-state index is 0.299. The number of carbonyl (C=O) groups excluding carboxylic acids is 1. The van der Waals surface area contributed by atoms with Crippen LogP contribution in [-0.4, -0.2) is 22.1 Å². The Balaban J connectivity index is 3.06. The molecule has 78 valence electrons. The summed E-state index contributed by atoms with van der Waals surface area (Å²) in [6, 6.07) is 1.49. The molecule has 1 heterocycles. The molecular formula is C8H10BrNO3S. The van der Waals surface area contributed by atoms with Crippen molar-refractivity contribution in [3.05, 3.63) is 22.6 Å². The van der Waals surface area contributed by atoms with Crippen LogP contribution in [0, 0.1) is 0 Å². The minimum Gasteiger partial charge on any atom is -0.457 e. The molecule has 1 amide bonds. The first-order chi connectivity index (χ1) is 6.46. The molecule has 0 bridgehead atoms. The SMILES string of the molecule is CCS(C)(=O)=NC(=O)c1ccoc1Br. The highest BCUT2D eigenvalue weighted by Gasteiger charge is 2.13. The van der Waals surface area contributed by atoms with E-state index in [-0.39, 0.29) is 0 Å². The van der Waals surface area contributed by atoms with Crippen LogP contribution in [-0.2, 0) is 9.73 Å². The second kappa shape index (κ2) is 4.27. The van der Waals surface area contributed by atoms with Crippen LogP contribution >= 0.6 is 15.9 Å². The molecule has 0 aliphatic rings. The van der Waals surface area contributed by atoms with Crippen LogP contribution < -0.4 is 0 Å². The van der Waals surface area contributed by atoms with Crippen LogP contribution in [0.3, 0.4) is 0 Å². The lowest BCUT2D eigenvalue weighted by atomic mass is 10.3. The van der Waals surface area contributed by atoms with Gasteiger partial charge in [-0.2, -0.15) is 4.36 Å².